The molecule has 0 spiro atoms. The second-order valence-corrected chi connectivity index (χ2v) is 8.27. The fraction of sp³-hybridized carbons (Fsp3) is 0.500. The number of benzene rings is 1. The summed E-state index contributed by atoms with van der Waals surface area (Å²) in [5, 5.41) is 11.5. The Balaban J connectivity index is 1.34. The highest BCUT2D eigenvalue weighted by Gasteiger charge is 2.51. The molecule has 1 amide bonds. The van der Waals surface area contributed by atoms with Gasteiger partial charge in [0.05, 0.1) is 26.2 Å². The topological polar surface area (TPSA) is 103 Å². The monoisotopic (exact) mass is 427 g/mol. The van der Waals surface area contributed by atoms with Gasteiger partial charge in [0.1, 0.15) is 5.60 Å². The lowest BCUT2D eigenvalue weighted by atomic mass is 9.81. The van der Waals surface area contributed by atoms with Gasteiger partial charge in [-0.05, 0) is 30.5 Å². The van der Waals surface area contributed by atoms with Gasteiger partial charge in [-0.2, -0.15) is 4.98 Å². The van der Waals surface area contributed by atoms with Crippen LogP contribution in [0.5, 0.6) is 23.4 Å². The lowest BCUT2D eigenvalue weighted by Crippen LogP contribution is -2.52. The molecule has 2 unspecified atom stereocenters. The van der Waals surface area contributed by atoms with Gasteiger partial charge in [-0.3, -0.25) is 4.79 Å². The summed E-state index contributed by atoms with van der Waals surface area (Å²) in [5.74, 6) is 1.74. The molecule has 31 heavy (non-hydrogen) atoms. The van der Waals surface area contributed by atoms with Gasteiger partial charge in [-0.15, -0.1) is 0 Å². The molecule has 164 valence electrons. The van der Waals surface area contributed by atoms with E-state index < -0.39 is 5.60 Å². The molecule has 4 heterocycles. The Kier molecular flexibility index (Phi) is 4.85. The molecular weight excluding hydrogens is 402 g/mol. The molecule has 0 radical (unpaired) electrons. The number of carbonyl (C=O) groups is 1. The van der Waals surface area contributed by atoms with E-state index in [-0.39, 0.29) is 37.2 Å². The second kappa shape index (κ2) is 7.56. The quantitative estimate of drug-likeness (QED) is 0.771. The first-order valence-corrected chi connectivity index (χ1v) is 10.4. The average molecular weight is 427 g/mol. The summed E-state index contributed by atoms with van der Waals surface area (Å²) in [5.41, 5.74) is 0.272. The largest absolute Gasteiger partial charge is 0.481 e. The van der Waals surface area contributed by atoms with Crippen LogP contribution in [-0.4, -0.2) is 59.0 Å². The van der Waals surface area contributed by atoms with Gasteiger partial charge in [-0.1, -0.05) is 6.07 Å². The van der Waals surface area contributed by atoms with Crippen molar-refractivity contribution in [1.29, 1.82) is 0 Å². The maximum atomic E-state index is 13.2. The van der Waals surface area contributed by atoms with Crippen LogP contribution in [-0.2, 0) is 16.8 Å². The lowest BCUT2D eigenvalue weighted by molar-refractivity contribution is -0.141. The fourth-order valence-electron chi connectivity index (χ4n) is 5.09. The summed E-state index contributed by atoms with van der Waals surface area (Å²) < 4.78 is 21.2. The Bertz CT molecular complexity index is 999. The van der Waals surface area contributed by atoms with Crippen LogP contribution in [0.25, 0.3) is 0 Å². The zero-order chi connectivity index (χ0) is 21.6. The standard InChI is InChI=1S/C22H25N3O6/c1-28-20-16(11-23-21(24-20)29-2)22(27)9-14-4-5-15(10-22)25(14)19(26)8-13-3-6-17-18(7-13)31-12-30-17/h3,6-7,11,14-15,27H,4-5,8-10,12H2,1-2H3. The molecule has 0 saturated carbocycles. The highest BCUT2D eigenvalue weighted by atomic mass is 16.7. The minimum absolute atomic E-state index is 0.0444. The predicted molar refractivity (Wildman–Crippen MR) is 108 cm³/mol. The van der Waals surface area contributed by atoms with E-state index in [1.54, 1.807) is 6.20 Å². The third-order valence-corrected chi connectivity index (χ3v) is 6.46. The number of fused-ring (bicyclic) bond motifs is 3. The van der Waals surface area contributed by atoms with Crippen LogP contribution < -0.4 is 18.9 Å². The number of amides is 1. The highest BCUT2D eigenvalue weighted by Crippen LogP contribution is 2.47. The van der Waals surface area contributed by atoms with Gasteiger partial charge >= 0.3 is 6.01 Å². The number of aromatic nitrogens is 2. The first-order chi connectivity index (χ1) is 15.0. The van der Waals surface area contributed by atoms with Gasteiger partial charge < -0.3 is 29.0 Å². The summed E-state index contributed by atoms with van der Waals surface area (Å²) in [6.07, 6.45) is 4.41. The number of piperidine rings is 1. The number of hydrogen-bond donors (Lipinski definition) is 1. The van der Waals surface area contributed by atoms with E-state index in [4.69, 9.17) is 18.9 Å². The minimum atomic E-state index is -1.15. The van der Waals surface area contributed by atoms with E-state index >= 15 is 0 Å². The molecule has 9 nitrogen and oxygen atoms in total. The Morgan fingerprint density at radius 1 is 1.19 bits per heavy atom. The first kappa shape index (κ1) is 19.9. The number of aliphatic hydroxyl groups is 1. The SMILES string of the molecule is COc1ncc(C2(O)CC3CCC(C2)N3C(=O)Cc2ccc3c(c2)OCO3)c(OC)n1. The van der Waals surface area contributed by atoms with Crippen LogP contribution in [0, 0.1) is 0 Å². The summed E-state index contributed by atoms with van der Waals surface area (Å²) in [6.45, 7) is 0.208. The Morgan fingerprint density at radius 2 is 1.94 bits per heavy atom. The molecule has 2 saturated heterocycles. The van der Waals surface area contributed by atoms with Crippen molar-refractivity contribution < 1.29 is 28.8 Å². The molecule has 2 fully saturated rings. The number of methoxy groups -OCH3 is 2. The van der Waals surface area contributed by atoms with E-state index in [9.17, 15) is 9.90 Å². The van der Waals surface area contributed by atoms with Crippen LogP contribution in [0.1, 0.15) is 36.8 Å². The minimum Gasteiger partial charge on any atom is -0.481 e. The molecule has 9 heteroatoms. The molecule has 1 aromatic carbocycles. The molecule has 2 aromatic rings. The summed E-state index contributed by atoms with van der Waals surface area (Å²) in [4.78, 5) is 23.5. The number of hydrogen-bond acceptors (Lipinski definition) is 8. The maximum Gasteiger partial charge on any atom is 0.319 e. The smallest absolute Gasteiger partial charge is 0.319 e. The second-order valence-electron chi connectivity index (χ2n) is 8.27. The van der Waals surface area contributed by atoms with Crippen molar-refractivity contribution in [2.45, 2.75) is 49.8 Å². The molecular formula is C22H25N3O6. The zero-order valence-electron chi connectivity index (χ0n) is 17.5. The Hall–Kier alpha value is -3.07. The van der Waals surface area contributed by atoms with Crippen LogP contribution >= 0.6 is 0 Å². The third kappa shape index (κ3) is 3.42. The fourth-order valence-corrected chi connectivity index (χ4v) is 5.09. The van der Waals surface area contributed by atoms with Gasteiger partial charge in [0, 0.05) is 31.1 Å². The van der Waals surface area contributed by atoms with E-state index in [1.165, 1.54) is 14.2 Å². The van der Waals surface area contributed by atoms with Crippen molar-refractivity contribution in [1.82, 2.24) is 14.9 Å². The summed E-state index contributed by atoms with van der Waals surface area (Å²) in [6, 6.07) is 5.69. The molecule has 1 aromatic heterocycles. The van der Waals surface area contributed by atoms with Crippen molar-refractivity contribution in [2.75, 3.05) is 21.0 Å². The molecule has 3 aliphatic rings. The van der Waals surface area contributed by atoms with E-state index in [1.807, 2.05) is 23.1 Å². The van der Waals surface area contributed by atoms with E-state index in [0.29, 0.717) is 35.8 Å². The summed E-state index contributed by atoms with van der Waals surface area (Å²) in [7, 11) is 2.99. The number of nitrogens with zero attached hydrogens (tertiary/aromatic N) is 3. The van der Waals surface area contributed by atoms with Gasteiger partial charge in [-0.25, -0.2) is 4.98 Å². The van der Waals surface area contributed by atoms with Crippen molar-refractivity contribution >= 4 is 5.91 Å². The predicted octanol–water partition coefficient (Wildman–Crippen LogP) is 1.81. The van der Waals surface area contributed by atoms with Gasteiger partial charge in [0.15, 0.2) is 11.5 Å². The Labute approximate surface area is 179 Å². The molecule has 2 bridgehead atoms. The number of carbonyl (C=O) groups excluding carboxylic acids is 1. The molecule has 5 rings (SSSR count). The molecule has 3 aliphatic heterocycles. The Morgan fingerprint density at radius 3 is 2.65 bits per heavy atom. The van der Waals surface area contributed by atoms with Crippen molar-refractivity contribution in [3.05, 3.63) is 35.5 Å². The van der Waals surface area contributed by atoms with Gasteiger partial charge in [0.25, 0.3) is 0 Å². The van der Waals surface area contributed by atoms with Gasteiger partial charge in [0.2, 0.25) is 18.6 Å². The highest BCUT2D eigenvalue weighted by molar-refractivity contribution is 5.80. The molecule has 2 atom stereocenters. The van der Waals surface area contributed by atoms with Crippen molar-refractivity contribution in [2.24, 2.45) is 0 Å². The summed E-state index contributed by atoms with van der Waals surface area (Å²) >= 11 is 0. The van der Waals surface area contributed by atoms with Crippen LogP contribution in [0.2, 0.25) is 0 Å². The number of ether oxygens (including phenoxy) is 4. The van der Waals surface area contributed by atoms with E-state index in [0.717, 1.165) is 18.4 Å². The normalized spacial score (nSPS) is 26.1. The van der Waals surface area contributed by atoms with E-state index in [2.05, 4.69) is 9.97 Å². The maximum absolute atomic E-state index is 13.2. The van der Waals surface area contributed by atoms with Crippen molar-refractivity contribution in [3.63, 3.8) is 0 Å². The van der Waals surface area contributed by atoms with Crippen LogP contribution in [0.15, 0.2) is 24.4 Å². The van der Waals surface area contributed by atoms with Crippen LogP contribution in [0.4, 0.5) is 0 Å². The van der Waals surface area contributed by atoms with Crippen LogP contribution in [0.3, 0.4) is 0 Å². The molecule has 0 aliphatic carbocycles. The van der Waals surface area contributed by atoms with Crippen molar-refractivity contribution in [3.8, 4) is 23.4 Å². The molecule has 1 N–H and O–H groups in total. The zero-order valence-corrected chi connectivity index (χ0v) is 17.5. The average Bonchev–Trinajstić information content (AvgIpc) is 3.35. The first-order valence-electron chi connectivity index (χ1n) is 10.4. The third-order valence-electron chi connectivity index (χ3n) is 6.46. The number of rotatable bonds is 5. The lowest BCUT2D eigenvalue weighted by Gasteiger charge is -2.44.